The predicted octanol–water partition coefficient (Wildman–Crippen LogP) is 2.64. The number of amides is 1. The van der Waals surface area contributed by atoms with Crippen molar-refractivity contribution in [2.24, 2.45) is 0 Å². The van der Waals surface area contributed by atoms with Gasteiger partial charge in [-0.2, -0.15) is 0 Å². The molecule has 1 amide bonds. The molecule has 0 unspecified atom stereocenters. The van der Waals surface area contributed by atoms with Crippen molar-refractivity contribution in [2.75, 3.05) is 16.6 Å². The molecule has 1 aliphatic heterocycles. The molecule has 4 rings (SSSR count). The number of rotatable bonds is 4. The van der Waals surface area contributed by atoms with Crippen molar-refractivity contribution in [2.45, 2.75) is 26.3 Å². The van der Waals surface area contributed by atoms with E-state index in [0.29, 0.717) is 29.4 Å². The van der Waals surface area contributed by atoms with E-state index in [0.717, 1.165) is 0 Å². The Kier molecular flexibility index (Phi) is 5.48. The summed E-state index contributed by atoms with van der Waals surface area (Å²) in [7, 11) is -3.59. The lowest BCUT2D eigenvalue weighted by atomic mass is 10.1. The fourth-order valence-electron chi connectivity index (χ4n) is 3.60. The van der Waals surface area contributed by atoms with Crippen LogP contribution < -0.4 is 9.62 Å². The smallest absolute Gasteiger partial charge is 0.274 e. The highest BCUT2D eigenvalue weighted by atomic mass is 32.2. The van der Waals surface area contributed by atoms with Gasteiger partial charge in [0, 0.05) is 24.7 Å². The highest BCUT2D eigenvalue weighted by Gasteiger charge is 2.31. The van der Waals surface area contributed by atoms with E-state index in [-0.39, 0.29) is 41.7 Å². The molecule has 1 aromatic carbocycles. The first-order valence-corrected chi connectivity index (χ1v) is 11.4. The molecule has 1 fully saturated rings. The molecule has 10 heteroatoms. The number of nitrogens with zero attached hydrogens (tertiary/aromatic N) is 3. The van der Waals surface area contributed by atoms with E-state index in [1.54, 1.807) is 25.1 Å². The van der Waals surface area contributed by atoms with E-state index >= 15 is 0 Å². The average Bonchev–Trinajstić information content (AvgIpc) is 2.73. The maximum atomic E-state index is 13.3. The number of anilines is 1. The molecule has 1 aliphatic rings. The van der Waals surface area contributed by atoms with Crippen molar-refractivity contribution < 1.29 is 22.7 Å². The van der Waals surface area contributed by atoms with Crippen molar-refractivity contribution in [1.29, 1.82) is 0 Å². The average molecular weight is 444 g/mol. The molecule has 3 aromatic rings. The summed E-state index contributed by atoms with van der Waals surface area (Å²) in [4.78, 5) is 21.2. The minimum atomic E-state index is -3.59. The Balaban J connectivity index is 1.74. The highest BCUT2D eigenvalue weighted by Crippen LogP contribution is 2.34. The maximum absolute atomic E-state index is 13.3. The van der Waals surface area contributed by atoms with Crippen LogP contribution in [0.25, 0.3) is 10.9 Å². The van der Waals surface area contributed by atoms with E-state index in [2.05, 4.69) is 15.3 Å². The monoisotopic (exact) mass is 444 g/mol. The minimum absolute atomic E-state index is 0.0112. The molecular formula is C21H21FN4O4S. The molecule has 2 N–H and O–H groups in total. The van der Waals surface area contributed by atoms with Crippen LogP contribution >= 0.6 is 0 Å². The largest absolute Gasteiger partial charge is 0.504 e. The maximum Gasteiger partial charge on any atom is 0.274 e. The number of aryl methyl sites for hydroxylation is 1. The predicted molar refractivity (Wildman–Crippen MR) is 114 cm³/mol. The van der Waals surface area contributed by atoms with E-state index < -0.39 is 21.7 Å². The Labute approximate surface area is 178 Å². The zero-order valence-corrected chi connectivity index (χ0v) is 17.6. The van der Waals surface area contributed by atoms with Crippen LogP contribution in [-0.4, -0.2) is 41.7 Å². The van der Waals surface area contributed by atoms with Gasteiger partial charge in [0.2, 0.25) is 10.0 Å². The van der Waals surface area contributed by atoms with Crippen LogP contribution in [0.5, 0.6) is 5.75 Å². The SMILES string of the molecule is Cc1cc(F)ccc1CNC(=O)c1nc(N2CCCCS2(=O)=O)c2cccnc2c1O. The molecule has 8 nitrogen and oxygen atoms in total. The number of carbonyl (C=O) groups excluding carboxylic acids is 1. The van der Waals surface area contributed by atoms with Gasteiger partial charge in [-0.15, -0.1) is 0 Å². The second-order valence-corrected chi connectivity index (χ2v) is 9.39. The van der Waals surface area contributed by atoms with Crippen molar-refractivity contribution >= 4 is 32.7 Å². The van der Waals surface area contributed by atoms with Crippen LogP contribution in [0.1, 0.15) is 34.5 Å². The zero-order valence-electron chi connectivity index (χ0n) is 16.8. The summed E-state index contributed by atoms with van der Waals surface area (Å²) in [5.41, 5.74) is 1.14. The van der Waals surface area contributed by atoms with Crippen molar-refractivity contribution in [3.8, 4) is 5.75 Å². The number of aromatic hydroxyl groups is 1. The molecule has 3 heterocycles. The number of hydrogen-bond acceptors (Lipinski definition) is 6. The number of hydrogen-bond donors (Lipinski definition) is 2. The van der Waals surface area contributed by atoms with Gasteiger partial charge in [0.15, 0.2) is 17.3 Å². The van der Waals surface area contributed by atoms with Crippen LogP contribution in [0.15, 0.2) is 36.5 Å². The molecule has 0 aliphatic carbocycles. The highest BCUT2D eigenvalue weighted by molar-refractivity contribution is 7.92. The third kappa shape index (κ3) is 4.02. The van der Waals surface area contributed by atoms with Gasteiger partial charge >= 0.3 is 0 Å². The second kappa shape index (κ2) is 8.10. The number of benzene rings is 1. The number of halogens is 1. The number of nitrogens with one attached hydrogen (secondary N) is 1. The minimum Gasteiger partial charge on any atom is -0.504 e. The van der Waals surface area contributed by atoms with E-state index in [1.165, 1.54) is 22.6 Å². The van der Waals surface area contributed by atoms with Crippen molar-refractivity contribution in [1.82, 2.24) is 15.3 Å². The molecule has 0 bridgehead atoms. The number of fused-ring (bicyclic) bond motifs is 1. The quantitative estimate of drug-likeness (QED) is 0.640. The van der Waals surface area contributed by atoms with Gasteiger partial charge in [0.05, 0.1) is 5.75 Å². The van der Waals surface area contributed by atoms with Gasteiger partial charge in [0.25, 0.3) is 5.91 Å². The Morgan fingerprint density at radius 3 is 2.84 bits per heavy atom. The molecule has 1 saturated heterocycles. The van der Waals surface area contributed by atoms with Crippen molar-refractivity contribution in [3.63, 3.8) is 0 Å². The fourth-order valence-corrected chi connectivity index (χ4v) is 5.20. The summed E-state index contributed by atoms with van der Waals surface area (Å²) in [6, 6.07) is 7.44. The van der Waals surface area contributed by atoms with E-state index in [4.69, 9.17) is 0 Å². The topological polar surface area (TPSA) is 112 Å². The third-order valence-corrected chi connectivity index (χ3v) is 7.09. The number of carbonyl (C=O) groups is 1. The summed E-state index contributed by atoms with van der Waals surface area (Å²) in [5, 5.41) is 13.7. The van der Waals surface area contributed by atoms with E-state index in [1.807, 2.05) is 0 Å². The Morgan fingerprint density at radius 2 is 2.10 bits per heavy atom. The Bertz CT molecular complexity index is 1280. The van der Waals surface area contributed by atoms with Gasteiger partial charge in [-0.25, -0.2) is 17.8 Å². The number of sulfonamides is 1. The molecule has 31 heavy (non-hydrogen) atoms. The first-order chi connectivity index (χ1) is 14.8. The lowest BCUT2D eigenvalue weighted by Crippen LogP contribution is -2.39. The molecule has 162 valence electrons. The lowest BCUT2D eigenvalue weighted by Gasteiger charge is -2.28. The van der Waals surface area contributed by atoms with E-state index in [9.17, 15) is 22.7 Å². The van der Waals surface area contributed by atoms with Gasteiger partial charge in [-0.3, -0.25) is 14.1 Å². The van der Waals surface area contributed by atoms with Crippen LogP contribution in [-0.2, 0) is 16.6 Å². The van der Waals surface area contributed by atoms with Crippen LogP contribution in [0.4, 0.5) is 10.2 Å². The van der Waals surface area contributed by atoms with Gasteiger partial charge in [-0.05, 0) is 55.2 Å². The van der Waals surface area contributed by atoms with Crippen molar-refractivity contribution in [3.05, 3.63) is 59.2 Å². The number of aromatic nitrogens is 2. The molecule has 2 aromatic heterocycles. The summed E-state index contributed by atoms with van der Waals surface area (Å²) in [6.45, 7) is 2.04. The molecule has 0 atom stereocenters. The second-order valence-electron chi connectivity index (χ2n) is 7.38. The normalized spacial score (nSPS) is 15.7. The molecular weight excluding hydrogens is 423 g/mol. The van der Waals surface area contributed by atoms with Gasteiger partial charge < -0.3 is 10.4 Å². The fraction of sp³-hybridized carbons (Fsp3) is 0.286. The summed E-state index contributed by atoms with van der Waals surface area (Å²) >= 11 is 0. The lowest BCUT2D eigenvalue weighted by molar-refractivity contribution is 0.0943. The molecule has 0 radical (unpaired) electrons. The summed E-state index contributed by atoms with van der Waals surface area (Å²) in [6.07, 6.45) is 2.66. The summed E-state index contributed by atoms with van der Waals surface area (Å²) in [5.74, 6) is -1.43. The van der Waals surface area contributed by atoms with Crippen LogP contribution in [0, 0.1) is 12.7 Å². The molecule has 0 spiro atoms. The Hall–Kier alpha value is -3.27. The zero-order chi connectivity index (χ0) is 22.2. The Morgan fingerprint density at radius 1 is 1.29 bits per heavy atom. The van der Waals surface area contributed by atoms with Crippen LogP contribution in [0.2, 0.25) is 0 Å². The number of pyridine rings is 2. The van der Waals surface area contributed by atoms with Gasteiger partial charge in [0.1, 0.15) is 11.3 Å². The standard InChI is InChI=1S/C21H21FN4O4S/c1-13-11-15(22)7-6-14(13)12-24-21(28)18-19(27)17-16(5-4-8-23-17)20(25-18)26-9-2-3-10-31(26,29)30/h4-8,11,27H,2-3,9-10,12H2,1H3,(H,24,28). The first kappa shape index (κ1) is 21.0. The molecule has 0 saturated carbocycles. The first-order valence-electron chi connectivity index (χ1n) is 9.79. The third-order valence-electron chi connectivity index (χ3n) is 5.26. The van der Waals surface area contributed by atoms with Crippen LogP contribution in [0.3, 0.4) is 0 Å². The summed E-state index contributed by atoms with van der Waals surface area (Å²) < 4.78 is 39.8. The van der Waals surface area contributed by atoms with Gasteiger partial charge in [-0.1, -0.05) is 6.07 Å².